The van der Waals surface area contributed by atoms with E-state index in [1.54, 1.807) is 0 Å². The first-order chi connectivity index (χ1) is 13.3. The Kier molecular flexibility index (Phi) is 5.30. The summed E-state index contributed by atoms with van der Waals surface area (Å²) in [6, 6.07) is 20.1. The maximum absolute atomic E-state index is 12.6. The van der Waals surface area contributed by atoms with Gasteiger partial charge in [0.1, 0.15) is 5.76 Å². The number of rotatable bonds is 3. The van der Waals surface area contributed by atoms with Crippen molar-refractivity contribution < 1.29 is 4.42 Å². The molecular weight excluding hydrogens is 358 g/mol. The second-order valence-electron chi connectivity index (χ2n) is 6.87. The van der Waals surface area contributed by atoms with Crippen LogP contribution in [-0.2, 0) is 12.8 Å². The van der Waals surface area contributed by atoms with Crippen LogP contribution in [0.4, 0.5) is 17.1 Å². The number of aryl methyl sites for hydroxylation is 1. The van der Waals surface area contributed by atoms with Gasteiger partial charge in [0, 0.05) is 23.4 Å². The van der Waals surface area contributed by atoms with Crippen LogP contribution in [0.2, 0.25) is 5.02 Å². The first kappa shape index (κ1) is 17.9. The summed E-state index contributed by atoms with van der Waals surface area (Å²) in [7, 11) is 0. The number of hydrogen-bond acceptors (Lipinski definition) is 3. The largest absolute Gasteiger partial charge is 0.426 e. The van der Waals surface area contributed by atoms with E-state index in [2.05, 4.69) is 4.90 Å². The normalized spacial score (nSPS) is 14.1. The second-order valence-corrected chi connectivity index (χ2v) is 7.25. The topological polar surface area (TPSA) is 33.5 Å². The highest BCUT2D eigenvalue weighted by Crippen LogP contribution is 2.42. The van der Waals surface area contributed by atoms with Crippen molar-refractivity contribution in [3.63, 3.8) is 0 Å². The minimum Gasteiger partial charge on any atom is -0.426 e. The molecule has 0 atom stereocenters. The predicted molar refractivity (Wildman–Crippen MR) is 111 cm³/mol. The Morgan fingerprint density at radius 3 is 1.93 bits per heavy atom. The number of nitrogens with zero attached hydrogens (tertiary/aromatic N) is 1. The molecule has 4 rings (SSSR count). The van der Waals surface area contributed by atoms with Crippen LogP contribution in [0.5, 0.6) is 0 Å². The molecule has 0 unspecified atom stereocenters. The van der Waals surface area contributed by atoms with E-state index in [1.807, 2.05) is 60.7 Å². The SMILES string of the molecule is O=c1oc2c(c(N(c3ccccc3)c3ccccc3)c1Cl)CCCCCC2. The van der Waals surface area contributed by atoms with Gasteiger partial charge in [-0.3, -0.25) is 0 Å². The van der Waals surface area contributed by atoms with E-state index in [4.69, 9.17) is 16.0 Å². The van der Waals surface area contributed by atoms with Crippen molar-refractivity contribution in [3.8, 4) is 0 Å². The molecule has 1 heterocycles. The minimum atomic E-state index is -0.456. The summed E-state index contributed by atoms with van der Waals surface area (Å²) in [6.07, 6.45) is 6.11. The van der Waals surface area contributed by atoms with Crippen LogP contribution in [0, 0.1) is 0 Å². The molecule has 2 aromatic carbocycles. The van der Waals surface area contributed by atoms with Crippen LogP contribution < -0.4 is 10.5 Å². The lowest BCUT2D eigenvalue weighted by Crippen LogP contribution is -2.19. The molecule has 1 aromatic heterocycles. The summed E-state index contributed by atoms with van der Waals surface area (Å²) in [4.78, 5) is 14.6. The Bertz CT molecular complexity index is 927. The molecule has 0 N–H and O–H groups in total. The van der Waals surface area contributed by atoms with E-state index >= 15 is 0 Å². The lowest BCUT2D eigenvalue weighted by Gasteiger charge is -2.29. The first-order valence-electron chi connectivity index (χ1n) is 9.50. The molecule has 0 saturated carbocycles. The zero-order valence-corrected chi connectivity index (χ0v) is 15.9. The Morgan fingerprint density at radius 2 is 1.33 bits per heavy atom. The highest BCUT2D eigenvalue weighted by molar-refractivity contribution is 6.33. The van der Waals surface area contributed by atoms with E-state index in [-0.39, 0.29) is 5.02 Å². The van der Waals surface area contributed by atoms with Gasteiger partial charge in [0.05, 0.1) is 5.69 Å². The minimum absolute atomic E-state index is 0.155. The summed E-state index contributed by atoms with van der Waals surface area (Å²) < 4.78 is 5.61. The zero-order chi connectivity index (χ0) is 18.6. The lowest BCUT2D eigenvalue weighted by molar-refractivity contribution is 0.432. The van der Waals surface area contributed by atoms with E-state index in [1.165, 1.54) is 12.8 Å². The fourth-order valence-electron chi connectivity index (χ4n) is 3.77. The third-order valence-electron chi connectivity index (χ3n) is 5.06. The Hall–Kier alpha value is -2.52. The van der Waals surface area contributed by atoms with E-state index in [0.717, 1.165) is 54.1 Å². The van der Waals surface area contributed by atoms with E-state index in [9.17, 15) is 4.79 Å². The van der Waals surface area contributed by atoms with Crippen LogP contribution in [0.1, 0.15) is 37.0 Å². The van der Waals surface area contributed by atoms with Gasteiger partial charge < -0.3 is 9.32 Å². The Balaban J connectivity index is 1.99. The van der Waals surface area contributed by atoms with Gasteiger partial charge in [-0.2, -0.15) is 0 Å². The lowest BCUT2D eigenvalue weighted by atomic mass is 9.96. The second kappa shape index (κ2) is 8.01. The maximum Gasteiger partial charge on any atom is 0.357 e. The number of hydrogen-bond donors (Lipinski definition) is 0. The van der Waals surface area contributed by atoms with Crippen molar-refractivity contribution in [2.24, 2.45) is 0 Å². The summed E-state index contributed by atoms with van der Waals surface area (Å²) in [6.45, 7) is 0. The molecule has 0 radical (unpaired) electrons. The van der Waals surface area contributed by atoms with Gasteiger partial charge in [-0.25, -0.2) is 4.79 Å². The smallest absolute Gasteiger partial charge is 0.357 e. The third-order valence-corrected chi connectivity index (χ3v) is 5.39. The van der Waals surface area contributed by atoms with Crippen molar-refractivity contribution in [2.75, 3.05) is 4.90 Å². The summed E-state index contributed by atoms with van der Waals surface area (Å²) >= 11 is 6.57. The molecule has 27 heavy (non-hydrogen) atoms. The number of anilines is 3. The Labute approximate surface area is 164 Å². The van der Waals surface area contributed by atoms with E-state index in [0.29, 0.717) is 0 Å². The molecule has 3 aromatic rings. The molecule has 0 bridgehead atoms. The number of halogens is 1. The molecule has 138 valence electrons. The van der Waals surface area contributed by atoms with Crippen LogP contribution in [0.25, 0.3) is 0 Å². The van der Waals surface area contributed by atoms with Crippen molar-refractivity contribution in [1.29, 1.82) is 0 Å². The third kappa shape index (κ3) is 3.65. The number of fused-ring (bicyclic) bond motifs is 1. The quantitative estimate of drug-likeness (QED) is 0.526. The number of para-hydroxylation sites is 2. The summed E-state index contributed by atoms with van der Waals surface area (Å²) in [5.74, 6) is 0.788. The van der Waals surface area contributed by atoms with Gasteiger partial charge >= 0.3 is 5.63 Å². The molecule has 0 aliphatic heterocycles. The molecule has 0 amide bonds. The molecule has 1 aliphatic rings. The monoisotopic (exact) mass is 379 g/mol. The standard InChI is InChI=1S/C23H22ClNO2/c24-21-22(19-15-9-1-2-10-16-20(19)27-23(21)26)25(17-11-5-3-6-12-17)18-13-7-4-8-14-18/h3-8,11-14H,1-2,9-10,15-16H2. The summed E-state index contributed by atoms with van der Waals surface area (Å²) in [5, 5.41) is 0.155. The maximum atomic E-state index is 12.6. The van der Waals surface area contributed by atoms with Crippen molar-refractivity contribution in [2.45, 2.75) is 38.5 Å². The zero-order valence-electron chi connectivity index (χ0n) is 15.2. The molecule has 0 fully saturated rings. The molecule has 0 saturated heterocycles. The van der Waals surface area contributed by atoms with E-state index < -0.39 is 5.63 Å². The van der Waals surface area contributed by atoms with Crippen molar-refractivity contribution in [3.05, 3.63) is 87.4 Å². The van der Waals surface area contributed by atoms with Gasteiger partial charge in [-0.15, -0.1) is 0 Å². The van der Waals surface area contributed by atoms with Crippen molar-refractivity contribution in [1.82, 2.24) is 0 Å². The van der Waals surface area contributed by atoms with Gasteiger partial charge in [-0.05, 0) is 43.5 Å². The fraction of sp³-hybridized carbons (Fsp3) is 0.261. The molecular formula is C23H22ClNO2. The highest BCUT2D eigenvalue weighted by Gasteiger charge is 2.25. The van der Waals surface area contributed by atoms with Crippen LogP contribution in [-0.4, -0.2) is 0 Å². The first-order valence-corrected chi connectivity index (χ1v) is 9.88. The summed E-state index contributed by atoms with van der Waals surface area (Å²) in [5.41, 5.74) is 3.32. The Morgan fingerprint density at radius 1 is 0.778 bits per heavy atom. The van der Waals surface area contributed by atoms with Crippen LogP contribution >= 0.6 is 11.6 Å². The van der Waals surface area contributed by atoms with Gasteiger partial charge in [-0.1, -0.05) is 60.8 Å². The van der Waals surface area contributed by atoms with Gasteiger partial charge in [0.25, 0.3) is 0 Å². The van der Waals surface area contributed by atoms with Crippen molar-refractivity contribution >= 4 is 28.7 Å². The van der Waals surface area contributed by atoms with Gasteiger partial charge in [0.15, 0.2) is 5.02 Å². The molecule has 3 nitrogen and oxygen atoms in total. The van der Waals surface area contributed by atoms with Gasteiger partial charge in [0.2, 0.25) is 0 Å². The average molecular weight is 380 g/mol. The fourth-order valence-corrected chi connectivity index (χ4v) is 4.01. The number of benzene rings is 2. The average Bonchev–Trinajstić information content (AvgIpc) is 2.69. The molecule has 4 heteroatoms. The molecule has 0 spiro atoms. The van der Waals surface area contributed by atoms with Crippen LogP contribution in [0.3, 0.4) is 0 Å². The van der Waals surface area contributed by atoms with Crippen LogP contribution in [0.15, 0.2) is 69.9 Å². The highest BCUT2D eigenvalue weighted by atomic mass is 35.5. The molecule has 1 aliphatic carbocycles. The predicted octanol–water partition coefficient (Wildman–Crippen LogP) is 6.42.